The largest absolute Gasteiger partial charge is 0.490 e. The molecule has 1 aromatic heterocycles. The maximum Gasteiger partial charge on any atom is 0.335 e. The molecular formula is C29H26Br2ClN3O5. The number of halogens is 3. The van der Waals surface area contributed by atoms with E-state index in [4.69, 9.17) is 26.1 Å². The zero-order valence-corrected chi connectivity index (χ0v) is 26.1. The minimum atomic E-state index is -1.02. The van der Waals surface area contributed by atoms with Gasteiger partial charge in [-0.1, -0.05) is 60.4 Å². The predicted octanol–water partition coefficient (Wildman–Crippen LogP) is 7.43. The van der Waals surface area contributed by atoms with Gasteiger partial charge in [0.15, 0.2) is 11.5 Å². The Morgan fingerprint density at radius 3 is 2.58 bits per heavy atom. The molecule has 0 spiro atoms. The molecule has 0 saturated heterocycles. The van der Waals surface area contributed by atoms with Crippen LogP contribution >= 0.6 is 43.5 Å². The Balaban J connectivity index is 1.76. The molecule has 0 saturated carbocycles. The minimum Gasteiger partial charge on any atom is -0.490 e. The monoisotopic (exact) mass is 689 g/mol. The van der Waals surface area contributed by atoms with E-state index in [1.54, 1.807) is 30.3 Å². The van der Waals surface area contributed by atoms with Crippen LogP contribution in [0.15, 0.2) is 67.4 Å². The third kappa shape index (κ3) is 6.40. The Bertz CT molecular complexity index is 1700. The van der Waals surface area contributed by atoms with Gasteiger partial charge in [0.1, 0.15) is 17.5 Å². The van der Waals surface area contributed by atoms with Crippen LogP contribution in [0.4, 0.5) is 0 Å². The highest BCUT2D eigenvalue weighted by Gasteiger charge is 2.23. The summed E-state index contributed by atoms with van der Waals surface area (Å²) in [5.41, 5.74) is 1.18. The van der Waals surface area contributed by atoms with Crippen LogP contribution in [0.5, 0.6) is 11.5 Å². The number of hydrogen-bond acceptors (Lipinski definition) is 6. The van der Waals surface area contributed by atoms with Crippen molar-refractivity contribution < 1.29 is 19.4 Å². The van der Waals surface area contributed by atoms with E-state index in [0.29, 0.717) is 44.7 Å². The lowest BCUT2D eigenvalue weighted by molar-refractivity contribution is 0.0696. The first-order chi connectivity index (χ1) is 18.9. The van der Waals surface area contributed by atoms with E-state index < -0.39 is 11.4 Å². The van der Waals surface area contributed by atoms with Gasteiger partial charge in [-0.15, -0.1) is 0 Å². The molecule has 0 atom stereocenters. The molecule has 0 aliphatic heterocycles. The Morgan fingerprint density at radius 2 is 1.90 bits per heavy atom. The first-order valence-corrected chi connectivity index (χ1v) is 14.2. The van der Waals surface area contributed by atoms with Gasteiger partial charge in [0.05, 0.1) is 29.3 Å². The molecule has 0 amide bonds. The summed E-state index contributed by atoms with van der Waals surface area (Å²) in [5, 5.41) is 14.5. The molecule has 0 fully saturated rings. The lowest BCUT2D eigenvalue weighted by Gasteiger charge is -2.21. The van der Waals surface area contributed by atoms with Crippen molar-refractivity contribution in [2.24, 2.45) is 5.10 Å². The molecule has 0 aliphatic rings. The van der Waals surface area contributed by atoms with Crippen LogP contribution in [0.3, 0.4) is 0 Å². The number of benzene rings is 3. The predicted molar refractivity (Wildman–Crippen MR) is 163 cm³/mol. The van der Waals surface area contributed by atoms with Crippen LogP contribution in [0.1, 0.15) is 55.0 Å². The van der Waals surface area contributed by atoms with Gasteiger partial charge < -0.3 is 14.6 Å². The van der Waals surface area contributed by atoms with Crippen LogP contribution in [0, 0.1) is 0 Å². The molecule has 4 aromatic rings. The topological polar surface area (TPSA) is 103 Å². The third-order valence-corrected chi connectivity index (χ3v) is 7.74. The molecule has 3 aromatic carbocycles. The first kappa shape index (κ1) is 29.8. The van der Waals surface area contributed by atoms with Crippen molar-refractivity contribution in [3.05, 3.63) is 95.4 Å². The average Bonchev–Trinajstić information content (AvgIpc) is 2.90. The zero-order valence-electron chi connectivity index (χ0n) is 22.2. The number of fused-ring (bicyclic) bond motifs is 1. The summed E-state index contributed by atoms with van der Waals surface area (Å²) in [5.74, 6) is 0.136. The van der Waals surface area contributed by atoms with E-state index >= 15 is 0 Å². The Kier molecular flexibility index (Phi) is 9.02. The second-order valence-corrected chi connectivity index (χ2v) is 11.9. The van der Waals surface area contributed by atoms with Gasteiger partial charge in [0, 0.05) is 19.9 Å². The molecule has 208 valence electrons. The number of ether oxygens (including phenoxy) is 2. The highest BCUT2D eigenvalue weighted by atomic mass is 79.9. The number of nitrogens with zero attached hydrogens (tertiary/aromatic N) is 3. The summed E-state index contributed by atoms with van der Waals surface area (Å²) >= 11 is 13.7. The van der Waals surface area contributed by atoms with Crippen LogP contribution in [0.2, 0.25) is 5.02 Å². The summed E-state index contributed by atoms with van der Waals surface area (Å²) in [7, 11) is 0. The number of hydrogen-bond donors (Lipinski definition) is 1. The molecule has 0 bridgehead atoms. The van der Waals surface area contributed by atoms with Gasteiger partial charge in [-0.05, 0) is 64.8 Å². The molecule has 11 heteroatoms. The molecule has 1 heterocycles. The molecule has 0 unspecified atom stereocenters. The van der Waals surface area contributed by atoms with Crippen LogP contribution in [0.25, 0.3) is 10.9 Å². The maximum absolute atomic E-state index is 13.5. The fraction of sp³-hybridized carbons (Fsp3) is 0.241. The van der Waals surface area contributed by atoms with Crippen molar-refractivity contribution >= 4 is 66.5 Å². The SMILES string of the molecule is CCOc1cc(C=Nn2c(C(C)(C)C)nc3ccc(Br)cc3c2=O)c(Br)c(Cl)c1OCc1cccc(C(=O)O)c1. The van der Waals surface area contributed by atoms with E-state index in [-0.39, 0.29) is 28.5 Å². The Hall–Kier alpha value is -3.21. The van der Waals surface area contributed by atoms with Gasteiger partial charge in [-0.25, -0.2) is 9.78 Å². The van der Waals surface area contributed by atoms with Crippen molar-refractivity contribution in [3.63, 3.8) is 0 Å². The van der Waals surface area contributed by atoms with Crippen molar-refractivity contribution in [2.75, 3.05) is 6.61 Å². The standard InChI is InChI=1S/C29H26Br2ClN3O5/c1-5-39-22-12-18(23(31)24(32)25(22)40-15-16-7-6-8-17(11-16)27(37)38)14-33-35-26(36)20-13-19(30)9-10-21(20)34-28(35)29(2,3)4/h6-14H,5,15H2,1-4H3,(H,37,38). The number of carboxylic acids is 1. The van der Waals surface area contributed by atoms with E-state index in [2.05, 4.69) is 37.0 Å². The van der Waals surface area contributed by atoms with Crippen molar-refractivity contribution in [3.8, 4) is 11.5 Å². The second-order valence-electron chi connectivity index (χ2n) is 9.86. The number of rotatable bonds is 8. The van der Waals surface area contributed by atoms with E-state index in [9.17, 15) is 14.7 Å². The summed E-state index contributed by atoms with van der Waals surface area (Å²) < 4.78 is 14.4. The van der Waals surface area contributed by atoms with Gasteiger partial charge in [0.25, 0.3) is 5.56 Å². The third-order valence-electron chi connectivity index (χ3n) is 5.80. The molecular weight excluding hydrogens is 666 g/mol. The maximum atomic E-state index is 13.5. The number of carboxylic acid groups (broad SMARTS) is 1. The molecule has 40 heavy (non-hydrogen) atoms. The van der Waals surface area contributed by atoms with Crippen molar-refractivity contribution in [2.45, 2.75) is 39.7 Å². The highest BCUT2D eigenvalue weighted by Crippen LogP contribution is 2.42. The van der Waals surface area contributed by atoms with Crippen LogP contribution < -0.4 is 15.0 Å². The van der Waals surface area contributed by atoms with E-state index in [1.807, 2.05) is 33.8 Å². The quantitative estimate of drug-likeness (QED) is 0.193. The zero-order chi connectivity index (χ0) is 29.2. The van der Waals surface area contributed by atoms with E-state index in [0.717, 1.165) is 4.47 Å². The Labute approximate surface area is 252 Å². The number of carbonyl (C=O) groups is 1. The Morgan fingerprint density at radius 1 is 1.15 bits per heavy atom. The fourth-order valence-corrected chi connectivity index (χ4v) is 4.92. The summed E-state index contributed by atoms with van der Waals surface area (Å²) in [6, 6.07) is 13.5. The lowest BCUT2D eigenvalue weighted by atomic mass is 9.95. The number of aromatic carboxylic acids is 1. The smallest absolute Gasteiger partial charge is 0.335 e. The van der Waals surface area contributed by atoms with Crippen molar-refractivity contribution in [1.82, 2.24) is 9.66 Å². The minimum absolute atomic E-state index is 0.0729. The van der Waals surface area contributed by atoms with Gasteiger partial charge in [-0.3, -0.25) is 4.79 Å². The highest BCUT2D eigenvalue weighted by molar-refractivity contribution is 9.10. The molecule has 8 nitrogen and oxygen atoms in total. The lowest BCUT2D eigenvalue weighted by Crippen LogP contribution is -2.29. The van der Waals surface area contributed by atoms with Crippen molar-refractivity contribution in [1.29, 1.82) is 0 Å². The van der Waals surface area contributed by atoms with E-state index in [1.165, 1.54) is 23.0 Å². The summed E-state index contributed by atoms with van der Waals surface area (Å²) in [6.07, 6.45) is 1.51. The average molecular weight is 692 g/mol. The normalized spacial score (nSPS) is 11.8. The van der Waals surface area contributed by atoms with Gasteiger partial charge in [0.2, 0.25) is 0 Å². The van der Waals surface area contributed by atoms with Gasteiger partial charge in [-0.2, -0.15) is 9.78 Å². The number of aromatic nitrogens is 2. The molecule has 0 aliphatic carbocycles. The van der Waals surface area contributed by atoms with Gasteiger partial charge >= 0.3 is 5.97 Å². The summed E-state index contributed by atoms with van der Waals surface area (Å²) in [6.45, 7) is 8.13. The molecule has 4 rings (SSSR count). The fourth-order valence-electron chi connectivity index (χ4n) is 3.91. The van der Waals surface area contributed by atoms with Crippen LogP contribution in [-0.2, 0) is 12.0 Å². The second kappa shape index (κ2) is 12.1. The molecule has 1 N–H and O–H groups in total. The summed E-state index contributed by atoms with van der Waals surface area (Å²) in [4.78, 5) is 29.6. The first-order valence-electron chi connectivity index (χ1n) is 12.3. The van der Waals surface area contributed by atoms with Crippen LogP contribution in [-0.4, -0.2) is 33.6 Å². The molecule has 0 radical (unpaired) electrons.